The number of H-pyrrole nitrogens is 1. The molecule has 0 atom stereocenters. The molecule has 1 aromatic heterocycles. The molecule has 1 aromatic carbocycles. The molecule has 0 spiro atoms. The average Bonchev–Trinajstić information content (AvgIpc) is 2.37. The highest BCUT2D eigenvalue weighted by atomic mass is 19.4. The van der Waals surface area contributed by atoms with E-state index in [0.717, 1.165) is 18.2 Å². The second kappa shape index (κ2) is 3.73. The van der Waals surface area contributed by atoms with Crippen molar-refractivity contribution >= 4 is 10.9 Å². The number of aromatic nitrogens is 1. The van der Waals surface area contributed by atoms with Gasteiger partial charge in [-0.2, -0.15) is 13.2 Å². The molecule has 0 radical (unpaired) electrons. The Morgan fingerprint density at radius 2 is 1.65 bits per heavy atom. The Bertz CT molecular complexity index is 689. The van der Waals surface area contributed by atoms with Crippen LogP contribution in [0.2, 0.25) is 0 Å². The van der Waals surface area contributed by atoms with Crippen molar-refractivity contribution in [3.05, 3.63) is 56.5 Å². The number of alkyl halides is 3. The summed E-state index contributed by atoms with van der Waals surface area (Å²) in [5.74, 6) is 0. The van der Waals surface area contributed by atoms with Gasteiger partial charge >= 0.3 is 6.18 Å². The first kappa shape index (κ1) is 11.4. The van der Waals surface area contributed by atoms with Crippen LogP contribution in [0.25, 0.3) is 10.9 Å². The van der Waals surface area contributed by atoms with Gasteiger partial charge in [0.2, 0.25) is 5.43 Å². The number of aromatic amines is 1. The van der Waals surface area contributed by atoms with E-state index < -0.39 is 22.7 Å². The molecule has 88 valence electrons. The van der Waals surface area contributed by atoms with Gasteiger partial charge in [-0.3, -0.25) is 9.59 Å². The second-order valence-electron chi connectivity index (χ2n) is 3.45. The first-order valence-electron chi connectivity index (χ1n) is 4.62. The zero-order valence-electron chi connectivity index (χ0n) is 8.34. The predicted octanol–water partition coefficient (Wildman–Crippen LogP) is 1.91. The van der Waals surface area contributed by atoms with E-state index in [9.17, 15) is 22.8 Å². The highest BCUT2D eigenvalue weighted by molar-refractivity contribution is 5.78. The standard InChI is InChI=1S/C11H6F3NO2/c12-11(13,14)7-3-1-6-2-4-9(16)10(17)15-8(6)5-7/h1-5H,(H,15,16,17). The third-order valence-corrected chi connectivity index (χ3v) is 2.27. The molecule has 0 bridgehead atoms. The summed E-state index contributed by atoms with van der Waals surface area (Å²) in [6, 6.07) is 5.22. The smallest absolute Gasteiger partial charge is 0.319 e. The Labute approximate surface area is 92.5 Å². The molecule has 0 saturated heterocycles. The lowest BCUT2D eigenvalue weighted by Crippen LogP contribution is -2.22. The van der Waals surface area contributed by atoms with Crippen molar-refractivity contribution in [1.82, 2.24) is 4.98 Å². The minimum Gasteiger partial charge on any atom is -0.319 e. The van der Waals surface area contributed by atoms with E-state index >= 15 is 0 Å². The van der Waals surface area contributed by atoms with Gasteiger partial charge in [-0.15, -0.1) is 0 Å². The van der Waals surface area contributed by atoms with Crippen LogP contribution >= 0.6 is 0 Å². The molecule has 2 rings (SSSR count). The lowest BCUT2D eigenvalue weighted by molar-refractivity contribution is -0.137. The lowest BCUT2D eigenvalue weighted by Gasteiger charge is -2.06. The molecule has 0 saturated carbocycles. The van der Waals surface area contributed by atoms with Gasteiger partial charge in [0.15, 0.2) is 0 Å². The molecule has 0 fully saturated rings. The lowest BCUT2D eigenvalue weighted by atomic mass is 10.1. The van der Waals surface area contributed by atoms with Crippen LogP contribution in [0.3, 0.4) is 0 Å². The SMILES string of the molecule is O=c1ccc2ccc(C(F)(F)F)cc2[nH]c1=O. The number of halogens is 3. The van der Waals surface area contributed by atoms with Crippen LogP contribution in [0.15, 0.2) is 39.9 Å². The van der Waals surface area contributed by atoms with Crippen LogP contribution < -0.4 is 11.0 Å². The molecule has 1 heterocycles. The summed E-state index contributed by atoms with van der Waals surface area (Å²) in [6.45, 7) is 0. The van der Waals surface area contributed by atoms with Gasteiger partial charge in [0.25, 0.3) is 5.56 Å². The maximum Gasteiger partial charge on any atom is 0.416 e. The Balaban J connectivity index is 2.83. The number of hydrogen-bond donors (Lipinski definition) is 1. The summed E-state index contributed by atoms with van der Waals surface area (Å²) >= 11 is 0. The largest absolute Gasteiger partial charge is 0.416 e. The summed E-state index contributed by atoms with van der Waals surface area (Å²) in [7, 11) is 0. The molecule has 0 aliphatic carbocycles. The number of fused-ring (bicyclic) bond motifs is 1. The number of hydrogen-bond acceptors (Lipinski definition) is 2. The minimum absolute atomic E-state index is 0.0214. The second-order valence-corrected chi connectivity index (χ2v) is 3.45. The van der Waals surface area contributed by atoms with Crippen LogP contribution in [0, 0.1) is 0 Å². The van der Waals surface area contributed by atoms with Crippen molar-refractivity contribution in [2.75, 3.05) is 0 Å². The Morgan fingerprint density at radius 3 is 2.29 bits per heavy atom. The number of benzene rings is 1. The van der Waals surface area contributed by atoms with Crippen molar-refractivity contribution in [3.8, 4) is 0 Å². The fraction of sp³-hybridized carbons (Fsp3) is 0.0909. The van der Waals surface area contributed by atoms with Crippen LogP contribution in [-0.2, 0) is 6.18 Å². The Morgan fingerprint density at radius 1 is 1.00 bits per heavy atom. The fourth-order valence-corrected chi connectivity index (χ4v) is 1.41. The molecule has 6 heteroatoms. The molecular formula is C11H6F3NO2. The Hall–Kier alpha value is -2.11. The van der Waals surface area contributed by atoms with Crippen LogP contribution in [0.5, 0.6) is 0 Å². The molecule has 2 aromatic rings. The topological polar surface area (TPSA) is 49.9 Å². The molecule has 1 N–H and O–H groups in total. The van der Waals surface area contributed by atoms with Crippen LogP contribution in [0.4, 0.5) is 13.2 Å². The van der Waals surface area contributed by atoms with E-state index in [1.165, 1.54) is 12.1 Å². The molecule has 0 amide bonds. The fourth-order valence-electron chi connectivity index (χ4n) is 1.41. The van der Waals surface area contributed by atoms with E-state index in [-0.39, 0.29) is 5.52 Å². The zero-order chi connectivity index (χ0) is 12.6. The van der Waals surface area contributed by atoms with Gasteiger partial charge in [-0.25, -0.2) is 0 Å². The van der Waals surface area contributed by atoms with Crippen molar-refractivity contribution in [3.63, 3.8) is 0 Å². The van der Waals surface area contributed by atoms with Gasteiger partial charge in [-0.1, -0.05) is 6.07 Å². The van der Waals surface area contributed by atoms with Crippen LogP contribution in [-0.4, -0.2) is 4.98 Å². The van der Waals surface area contributed by atoms with Gasteiger partial charge in [-0.05, 0) is 29.7 Å². The first-order chi connectivity index (χ1) is 7.88. The van der Waals surface area contributed by atoms with E-state index in [4.69, 9.17) is 0 Å². The van der Waals surface area contributed by atoms with Gasteiger partial charge in [0.05, 0.1) is 5.56 Å². The van der Waals surface area contributed by atoms with Crippen LogP contribution in [0.1, 0.15) is 5.56 Å². The zero-order valence-corrected chi connectivity index (χ0v) is 8.34. The predicted molar refractivity (Wildman–Crippen MR) is 55.8 cm³/mol. The Kier molecular flexibility index (Phi) is 2.49. The monoisotopic (exact) mass is 241 g/mol. The van der Waals surface area contributed by atoms with Gasteiger partial charge in [0.1, 0.15) is 0 Å². The highest BCUT2D eigenvalue weighted by Gasteiger charge is 2.30. The maximum absolute atomic E-state index is 12.4. The van der Waals surface area contributed by atoms with E-state index in [2.05, 4.69) is 4.98 Å². The molecule has 0 aliphatic rings. The van der Waals surface area contributed by atoms with Crippen molar-refractivity contribution in [2.45, 2.75) is 6.18 Å². The molecule has 0 unspecified atom stereocenters. The summed E-state index contributed by atoms with van der Waals surface area (Å²) < 4.78 is 37.3. The van der Waals surface area contributed by atoms with E-state index in [0.29, 0.717) is 5.39 Å². The van der Waals surface area contributed by atoms with Crippen molar-refractivity contribution in [2.24, 2.45) is 0 Å². The third-order valence-electron chi connectivity index (χ3n) is 2.27. The summed E-state index contributed by atoms with van der Waals surface area (Å²) in [4.78, 5) is 24.3. The van der Waals surface area contributed by atoms with Crippen molar-refractivity contribution < 1.29 is 13.2 Å². The minimum atomic E-state index is -4.49. The first-order valence-corrected chi connectivity index (χ1v) is 4.62. The summed E-state index contributed by atoms with van der Waals surface area (Å²) in [5, 5.41) is 0.359. The van der Waals surface area contributed by atoms with Crippen molar-refractivity contribution in [1.29, 1.82) is 0 Å². The maximum atomic E-state index is 12.4. The molecular weight excluding hydrogens is 235 g/mol. The van der Waals surface area contributed by atoms with Gasteiger partial charge in [0, 0.05) is 5.52 Å². The molecule has 3 nitrogen and oxygen atoms in total. The quantitative estimate of drug-likeness (QED) is 0.716. The van der Waals surface area contributed by atoms with E-state index in [1.807, 2.05) is 0 Å². The highest BCUT2D eigenvalue weighted by Crippen LogP contribution is 2.30. The average molecular weight is 241 g/mol. The third kappa shape index (κ3) is 2.20. The normalized spacial score (nSPS) is 11.7. The van der Waals surface area contributed by atoms with Gasteiger partial charge < -0.3 is 4.98 Å². The van der Waals surface area contributed by atoms with E-state index in [1.54, 1.807) is 0 Å². The number of rotatable bonds is 0. The molecule has 0 aliphatic heterocycles. The summed E-state index contributed by atoms with van der Waals surface area (Å²) in [6.07, 6.45) is -4.49. The molecule has 17 heavy (non-hydrogen) atoms. The summed E-state index contributed by atoms with van der Waals surface area (Å²) in [5.41, 5.74) is -2.64. The number of nitrogens with one attached hydrogen (secondary N) is 1.